The predicted octanol–water partition coefficient (Wildman–Crippen LogP) is 0.729. The molecule has 2 rings (SSSR count). The molecular weight excluding hydrogens is 216 g/mol. The van der Waals surface area contributed by atoms with Gasteiger partial charge in [0.1, 0.15) is 5.54 Å². The SMILES string of the molecule is Cc1cccc(CNC(=O)C2(N)CCOC2)c1. The van der Waals surface area contributed by atoms with E-state index in [1.54, 1.807) is 0 Å². The first kappa shape index (κ1) is 12.1. The third-order valence-corrected chi connectivity index (χ3v) is 3.04. The van der Waals surface area contributed by atoms with Gasteiger partial charge in [-0.2, -0.15) is 0 Å². The normalized spacial score (nSPS) is 23.6. The lowest BCUT2D eigenvalue weighted by atomic mass is 9.99. The van der Waals surface area contributed by atoms with Crippen molar-refractivity contribution in [2.24, 2.45) is 5.73 Å². The van der Waals surface area contributed by atoms with E-state index >= 15 is 0 Å². The smallest absolute Gasteiger partial charge is 0.242 e. The van der Waals surface area contributed by atoms with E-state index in [0.29, 0.717) is 26.2 Å². The van der Waals surface area contributed by atoms with Crippen LogP contribution in [0.25, 0.3) is 0 Å². The van der Waals surface area contributed by atoms with Crippen LogP contribution in [0.5, 0.6) is 0 Å². The standard InChI is InChI=1S/C13H18N2O2/c1-10-3-2-4-11(7-10)8-15-12(16)13(14)5-6-17-9-13/h2-4,7H,5-6,8-9,14H2,1H3,(H,15,16). The van der Waals surface area contributed by atoms with E-state index in [1.165, 1.54) is 5.56 Å². The minimum Gasteiger partial charge on any atom is -0.379 e. The zero-order valence-electron chi connectivity index (χ0n) is 10.0. The number of rotatable bonds is 3. The molecule has 1 fully saturated rings. The molecule has 1 amide bonds. The van der Waals surface area contributed by atoms with Crippen molar-refractivity contribution in [2.45, 2.75) is 25.4 Å². The molecular formula is C13H18N2O2. The Morgan fingerprint density at radius 2 is 2.41 bits per heavy atom. The van der Waals surface area contributed by atoms with Crippen molar-refractivity contribution < 1.29 is 9.53 Å². The first-order valence-electron chi connectivity index (χ1n) is 5.81. The fourth-order valence-corrected chi connectivity index (χ4v) is 1.94. The maximum absolute atomic E-state index is 11.9. The first-order valence-corrected chi connectivity index (χ1v) is 5.81. The summed E-state index contributed by atoms with van der Waals surface area (Å²) in [5.74, 6) is -0.128. The Hall–Kier alpha value is -1.39. The maximum Gasteiger partial charge on any atom is 0.242 e. The highest BCUT2D eigenvalue weighted by Gasteiger charge is 2.37. The highest BCUT2D eigenvalue weighted by molar-refractivity contribution is 5.86. The molecule has 0 spiro atoms. The molecule has 0 saturated carbocycles. The van der Waals surface area contributed by atoms with Gasteiger partial charge in [0.25, 0.3) is 0 Å². The quantitative estimate of drug-likeness (QED) is 0.810. The molecule has 4 nitrogen and oxygen atoms in total. The third kappa shape index (κ3) is 2.84. The molecule has 17 heavy (non-hydrogen) atoms. The molecule has 1 unspecified atom stereocenters. The Morgan fingerprint density at radius 3 is 3.06 bits per heavy atom. The number of hydrogen-bond donors (Lipinski definition) is 2. The molecule has 3 N–H and O–H groups in total. The van der Waals surface area contributed by atoms with Crippen molar-refractivity contribution >= 4 is 5.91 Å². The Labute approximate surface area is 101 Å². The van der Waals surface area contributed by atoms with Gasteiger partial charge in [0.2, 0.25) is 5.91 Å². The molecule has 0 bridgehead atoms. The molecule has 1 aliphatic rings. The predicted molar refractivity (Wildman–Crippen MR) is 65.4 cm³/mol. The fraction of sp³-hybridized carbons (Fsp3) is 0.462. The lowest BCUT2D eigenvalue weighted by Gasteiger charge is -2.20. The van der Waals surface area contributed by atoms with E-state index in [4.69, 9.17) is 10.5 Å². The lowest BCUT2D eigenvalue weighted by Crippen LogP contribution is -2.54. The monoisotopic (exact) mass is 234 g/mol. The van der Waals surface area contributed by atoms with Crippen molar-refractivity contribution in [1.29, 1.82) is 0 Å². The van der Waals surface area contributed by atoms with E-state index < -0.39 is 5.54 Å². The second kappa shape index (κ2) is 4.85. The average molecular weight is 234 g/mol. The van der Waals surface area contributed by atoms with Gasteiger partial charge >= 0.3 is 0 Å². The average Bonchev–Trinajstić information content (AvgIpc) is 2.74. The summed E-state index contributed by atoms with van der Waals surface area (Å²) >= 11 is 0. The highest BCUT2D eigenvalue weighted by atomic mass is 16.5. The second-order valence-corrected chi connectivity index (χ2v) is 4.63. The van der Waals surface area contributed by atoms with E-state index in [0.717, 1.165) is 5.56 Å². The van der Waals surface area contributed by atoms with Crippen LogP contribution in [0.15, 0.2) is 24.3 Å². The van der Waals surface area contributed by atoms with Gasteiger partial charge in [0.15, 0.2) is 0 Å². The van der Waals surface area contributed by atoms with Crippen molar-refractivity contribution in [2.75, 3.05) is 13.2 Å². The van der Waals surface area contributed by atoms with Gasteiger partial charge in [-0.1, -0.05) is 29.8 Å². The van der Waals surface area contributed by atoms with Gasteiger partial charge in [-0.05, 0) is 18.9 Å². The molecule has 1 saturated heterocycles. The summed E-state index contributed by atoms with van der Waals surface area (Å²) in [6, 6.07) is 8.05. The number of nitrogens with one attached hydrogen (secondary N) is 1. The van der Waals surface area contributed by atoms with Crippen LogP contribution >= 0.6 is 0 Å². The van der Waals surface area contributed by atoms with E-state index in [1.807, 2.05) is 25.1 Å². The number of amides is 1. The van der Waals surface area contributed by atoms with Crippen LogP contribution in [0.2, 0.25) is 0 Å². The largest absolute Gasteiger partial charge is 0.379 e. The minimum atomic E-state index is -0.843. The molecule has 1 aromatic carbocycles. The minimum absolute atomic E-state index is 0.128. The van der Waals surface area contributed by atoms with Gasteiger partial charge in [0, 0.05) is 13.2 Å². The number of benzene rings is 1. The number of carbonyl (C=O) groups is 1. The van der Waals surface area contributed by atoms with Crippen LogP contribution in [-0.4, -0.2) is 24.7 Å². The van der Waals surface area contributed by atoms with Crippen LogP contribution in [0.3, 0.4) is 0 Å². The molecule has 92 valence electrons. The van der Waals surface area contributed by atoms with Crippen LogP contribution in [0.1, 0.15) is 17.5 Å². The zero-order chi connectivity index (χ0) is 12.3. The number of nitrogens with two attached hydrogens (primary N) is 1. The highest BCUT2D eigenvalue weighted by Crippen LogP contribution is 2.15. The van der Waals surface area contributed by atoms with Gasteiger partial charge in [0.05, 0.1) is 6.61 Å². The Balaban J connectivity index is 1.92. The Morgan fingerprint density at radius 1 is 1.59 bits per heavy atom. The van der Waals surface area contributed by atoms with Crippen LogP contribution in [0, 0.1) is 6.92 Å². The van der Waals surface area contributed by atoms with Crippen molar-refractivity contribution in [3.63, 3.8) is 0 Å². The summed E-state index contributed by atoms with van der Waals surface area (Å²) in [7, 11) is 0. The zero-order valence-corrected chi connectivity index (χ0v) is 10.0. The summed E-state index contributed by atoms with van der Waals surface area (Å²) < 4.78 is 5.17. The number of aryl methyl sites for hydroxylation is 1. The molecule has 1 atom stereocenters. The Kier molecular flexibility index (Phi) is 3.45. The third-order valence-electron chi connectivity index (χ3n) is 3.04. The van der Waals surface area contributed by atoms with Crippen LogP contribution in [-0.2, 0) is 16.1 Å². The number of hydrogen-bond acceptors (Lipinski definition) is 3. The van der Waals surface area contributed by atoms with Crippen LogP contribution in [0.4, 0.5) is 0 Å². The van der Waals surface area contributed by atoms with Gasteiger partial charge in [-0.15, -0.1) is 0 Å². The van der Waals surface area contributed by atoms with E-state index in [-0.39, 0.29) is 5.91 Å². The topological polar surface area (TPSA) is 64.4 Å². The summed E-state index contributed by atoms with van der Waals surface area (Å²) in [5.41, 5.74) is 7.38. The molecule has 0 aromatic heterocycles. The van der Waals surface area contributed by atoms with Gasteiger partial charge < -0.3 is 15.8 Å². The first-order chi connectivity index (χ1) is 8.10. The molecule has 0 radical (unpaired) electrons. The lowest BCUT2D eigenvalue weighted by molar-refractivity contribution is -0.126. The fourth-order valence-electron chi connectivity index (χ4n) is 1.94. The van der Waals surface area contributed by atoms with Crippen molar-refractivity contribution in [1.82, 2.24) is 5.32 Å². The molecule has 1 heterocycles. The van der Waals surface area contributed by atoms with Gasteiger partial charge in [-0.3, -0.25) is 4.79 Å². The Bertz CT molecular complexity index is 412. The van der Waals surface area contributed by atoms with Crippen molar-refractivity contribution in [3.8, 4) is 0 Å². The number of carbonyl (C=O) groups excluding carboxylic acids is 1. The maximum atomic E-state index is 11.9. The molecule has 4 heteroatoms. The molecule has 1 aliphatic heterocycles. The summed E-state index contributed by atoms with van der Waals surface area (Å²) in [6.45, 7) is 3.42. The summed E-state index contributed by atoms with van der Waals surface area (Å²) in [4.78, 5) is 11.9. The van der Waals surface area contributed by atoms with Crippen molar-refractivity contribution in [3.05, 3.63) is 35.4 Å². The second-order valence-electron chi connectivity index (χ2n) is 4.63. The van der Waals surface area contributed by atoms with E-state index in [2.05, 4.69) is 11.4 Å². The van der Waals surface area contributed by atoms with E-state index in [9.17, 15) is 4.79 Å². The number of ether oxygens (including phenoxy) is 1. The summed E-state index contributed by atoms with van der Waals surface area (Å²) in [5, 5.41) is 2.86. The summed E-state index contributed by atoms with van der Waals surface area (Å²) in [6.07, 6.45) is 0.590. The van der Waals surface area contributed by atoms with Crippen LogP contribution < -0.4 is 11.1 Å². The molecule has 0 aliphatic carbocycles. The van der Waals surface area contributed by atoms with Gasteiger partial charge in [-0.25, -0.2) is 0 Å². The molecule has 1 aromatic rings.